The van der Waals surface area contributed by atoms with E-state index in [1.165, 1.54) is 102 Å². The maximum absolute atomic E-state index is 10.9. The highest BCUT2D eigenvalue weighted by Crippen LogP contribution is 2.67. The van der Waals surface area contributed by atoms with Crippen LogP contribution in [-0.2, 0) is 58.4 Å². The summed E-state index contributed by atoms with van der Waals surface area (Å²) in [6, 6.07) is 10.9. The molecule has 18 fully saturated rings. The summed E-state index contributed by atoms with van der Waals surface area (Å²) in [7, 11) is -3.67. The van der Waals surface area contributed by atoms with Gasteiger partial charge in [-0.1, -0.05) is 30.3 Å². The molecule has 0 radical (unpaired) electrons. The summed E-state index contributed by atoms with van der Waals surface area (Å²) >= 11 is 0. The van der Waals surface area contributed by atoms with Crippen molar-refractivity contribution >= 4 is 16.1 Å². The summed E-state index contributed by atoms with van der Waals surface area (Å²) in [6.45, 7) is 0.788. The van der Waals surface area contributed by atoms with Crippen molar-refractivity contribution in [2.45, 2.75) is 220 Å². The number of carboxylic acid groups (broad SMARTS) is 1. The average Bonchev–Trinajstić information content (AvgIpc) is 4.09. The van der Waals surface area contributed by atoms with Gasteiger partial charge in [0.2, 0.25) is 34.7 Å². The predicted octanol–water partition coefficient (Wildman–Crippen LogP) is 11.1. The van der Waals surface area contributed by atoms with Crippen molar-refractivity contribution in [1.82, 2.24) is 0 Å². The fourth-order valence-electron chi connectivity index (χ4n) is 19.4. The maximum atomic E-state index is 10.9. The Bertz CT molecular complexity index is 2190. The van der Waals surface area contributed by atoms with Gasteiger partial charge in [0.05, 0.1) is 6.26 Å². The van der Waals surface area contributed by atoms with Crippen molar-refractivity contribution < 1.29 is 66.4 Å². The zero-order chi connectivity index (χ0) is 50.7. The van der Waals surface area contributed by atoms with Gasteiger partial charge in [0.1, 0.15) is 0 Å². The molecule has 16 heteroatoms. The summed E-state index contributed by atoms with van der Waals surface area (Å²) in [5, 5.41) is 8.97. The number of nitrogens with two attached hydrogens (primary N) is 1. The van der Waals surface area contributed by atoms with Crippen LogP contribution < -0.4 is 5.73 Å². The van der Waals surface area contributed by atoms with E-state index in [9.17, 15) is 13.2 Å². The Kier molecular flexibility index (Phi) is 13.6. The van der Waals surface area contributed by atoms with Gasteiger partial charge in [-0.15, -0.1) is 0 Å². The molecule has 0 atom stereocenters. The van der Waals surface area contributed by atoms with Crippen molar-refractivity contribution in [2.75, 3.05) is 12.8 Å². The molecule has 0 unspecified atom stereocenters. The van der Waals surface area contributed by atoms with Crippen LogP contribution in [0.2, 0.25) is 0 Å². The number of aliphatic carboxylic acids is 1. The van der Waals surface area contributed by atoms with Crippen molar-refractivity contribution in [3.63, 3.8) is 0 Å². The molecule has 3 saturated heterocycles. The molecular formula is C58H85NO14S. The molecule has 0 aromatic heterocycles. The van der Waals surface area contributed by atoms with Gasteiger partial charge in [0, 0.05) is 80.5 Å². The third-order valence-electron chi connectivity index (χ3n) is 22.4. The zero-order valence-corrected chi connectivity index (χ0v) is 44.6. The molecule has 412 valence electrons. The van der Waals surface area contributed by atoms with Crippen LogP contribution in [-0.4, -0.2) is 71.6 Å². The Hall–Kier alpha value is -1.80. The molecule has 19 rings (SSSR count). The number of rotatable bonds is 4. The zero-order valence-electron chi connectivity index (χ0n) is 43.8. The smallest absolute Gasteiger partial charge is 0.303 e. The van der Waals surface area contributed by atoms with Gasteiger partial charge in [-0.2, -0.15) is 37.7 Å². The molecule has 15 aliphatic carbocycles. The largest absolute Gasteiger partial charge is 0.481 e. The van der Waals surface area contributed by atoms with Crippen LogP contribution in [0, 0.1) is 82.9 Å². The van der Waals surface area contributed by atoms with Gasteiger partial charge in [-0.3, -0.25) is 9.35 Å². The Morgan fingerprint density at radius 1 is 0.500 bits per heavy atom. The number of carboxylic acids is 1. The van der Waals surface area contributed by atoms with Gasteiger partial charge < -0.3 is 25.1 Å². The average molecular weight is 1050 g/mol. The second kappa shape index (κ2) is 19.5. The topological polar surface area (TPSA) is 201 Å². The Labute approximate surface area is 438 Å². The first-order valence-corrected chi connectivity index (χ1v) is 31.5. The first-order chi connectivity index (χ1) is 35.5. The van der Waals surface area contributed by atoms with Crippen LogP contribution >= 0.6 is 0 Å². The highest BCUT2D eigenvalue weighted by molar-refractivity contribution is 7.85. The Balaban J connectivity index is 0.000000103. The lowest BCUT2D eigenvalue weighted by molar-refractivity contribution is -0.390. The second-order valence-corrected chi connectivity index (χ2v) is 28.7. The Morgan fingerprint density at radius 2 is 0.797 bits per heavy atom. The van der Waals surface area contributed by atoms with E-state index in [1.54, 1.807) is 0 Å². The molecule has 6 spiro atoms. The first-order valence-electron chi connectivity index (χ1n) is 29.6. The predicted molar refractivity (Wildman–Crippen MR) is 268 cm³/mol. The number of ether oxygens (including phenoxy) is 3. The molecule has 12 bridgehead atoms. The van der Waals surface area contributed by atoms with Crippen molar-refractivity contribution in [3.05, 3.63) is 35.9 Å². The lowest BCUT2D eigenvalue weighted by Crippen LogP contribution is -2.59. The minimum atomic E-state index is -3.67. The molecule has 3 aliphatic heterocycles. The first kappa shape index (κ1) is 51.6. The van der Waals surface area contributed by atoms with Crippen molar-refractivity contribution in [1.29, 1.82) is 0 Å². The minimum absolute atomic E-state index is 0.250. The SMILES string of the molecule is CS(=O)(=O)O.NCC1CCC2(CC1)OOC1(O2)C2CC3CC(C2)CC1C3.O=C(O)CC1CCC2(CC1)OOC1(O2)C2CC3CC(C2)CC1C3.c1ccc(C2CCC3(CC2)OOC2(O3)C3CC4CC(C3)CC2C4)cc1. The van der Waals surface area contributed by atoms with Crippen LogP contribution in [0.15, 0.2) is 30.3 Å². The molecule has 3 heterocycles. The number of hydrogen-bond acceptors (Lipinski definition) is 13. The third kappa shape index (κ3) is 9.59. The van der Waals surface area contributed by atoms with Crippen LogP contribution in [0.25, 0.3) is 0 Å². The van der Waals surface area contributed by atoms with E-state index in [4.69, 9.17) is 58.9 Å². The molecule has 15 nitrogen and oxygen atoms in total. The van der Waals surface area contributed by atoms with E-state index >= 15 is 0 Å². The normalized spacial score (nSPS) is 51.4. The van der Waals surface area contributed by atoms with Gasteiger partial charge in [-0.05, 0) is 200 Å². The lowest BCUT2D eigenvalue weighted by atomic mass is 9.53. The molecule has 1 aromatic rings. The summed E-state index contributed by atoms with van der Waals surface area (Å²) < 4.78 is 45.9. The van der Waals surface area contributed by atoms with Crippen molar-refractivity contribution in [2.24, 2.45) is 88.6 Å². The quantitative estimate of drug-likeness (QED) is 0.190. The van der Waals surface area contributed by atoms with Crippen LogP contribution in [0.1, 0.15) is 191 Å². The monoisotopic (exact) mass is 1050 g/mol. The highest BCUT2D eigenvalue weighted by Gasteiger charge is 2.70. The minimum Gasteiger partial charge on any atom is -0.481 e. The van der Waals surface area contributed by atoms with E-state index < -0.39 is 50.8 Å². The highest BCUT2D eigenvalue weighted by atomic mass is 32.2. The van der Waals surface area contributed by atoms with Gasteiger partial charge in [-0.25, -0.2) is 0 Å². The van der Waals surface area contributed by atoms with E-state index in [0.717, 1.165) is 119 Å². The fourth-order valence-corrected chi connectivity index (χ4v) is 19.4. The Morgan fingerprint density at radius 3 is 1.09 bits per heavy atom. The summed E-state index contributed by atoms with van der Waals surface area (Å²) in [4.78, 5) is 46.8. The molecule has 18 aliphatic rings. The lowest BCUT2D eigenvalue weighted by Gasteiger charge is -2.57. The van der Waals surface area contributed by atoms with Crippen LogP contribution in [0.5, 0.6) is 0 Å². The van der Waals surface area contributed by atoms with E-state index in [-0.39, 0.29) is 12.3 Å². The standard InChI is InChI=1S/C22H28O3.C18H26O5.C17H27NO3.CH4O3S/c1-2-4-17(5-3-1)18-6-8-21(9-7-18)23-22(25-24-21)19-11-15-10-16(13-19)14-20(22)12-15;19-16(20)10-11-1-3-17(4-2-11)21-18(23-22-17)14-6-12-5-13(8-14)9-15(18)7-12;18-10-11-1-3-16(4-2-11)19-17(21-20-16)14-6-12-5-13(8-14)9-15(17)7-12;1-5(2,3)4/h1-5,15-16,18-20H,6-14H2;11-15H,1-10H2,(H,19,20);11-15H,1-10,18H2;1H3,(H,2,3,4). The van der Waals surface area contributed by atoms with E-state index in [1.807, 2.05) is 0 Å². The second-order valence-electron chi connectivity index (χ2n) is 27.3. The molecule has 4 N–H and O–H groups in total. The fraction of sp³-hybridized carbons (Fsp3) is 0.879. The van der Waals surface area contributed by atoms with Gasteiger partial charge >= 0.3 is 5.97 Å². The molecule has 15 saturated carbocycles. The summed E-state index contributed by atoms with van der Waals surface area (Å²) in [5.41, 5.74) is 7.27. The molecule has 0 amide bonds. The molecular weight excluding hydrogens is 967 g/mol. The third-order valence-corrected chi connectivity index (χ3v) is 22.4. The van der Waals surface area contributed by atoms with Gasteiger partial charge in [0.15, 0.2) is 0 Å². The van der Waals surface area contributed by atoms with Crippen LogP contribution in [0.3, 0.4) is 0 Å². The maximum Gasteiger partial charge on any atom is 0.303 e. The summed E-state index contributed by atoms with van der Waals surface area (Å²) in [6.07, 6.45) is 32.0. The van der Waals surface area contributed by atoms with Crippen molar-refractivity contribution in [3.8, 4) is 0 Å². The van der Waals surface area contributed by atoms with Gasteiger partial charge in [0.25, 0.3) is 10.1 Å². The van der Waals surface area contributed by atoms with E-state index in [2.05, 4.69) is 30.3 Å². The number of benzene rings is 1. The van der Waals surface area contributed by atoms with E-state index in [0.29, 0.717) is 53.6 Å². The number of carbonyl (C=O) groups is 1. The molecule has 74 heavy (non-hydrogen) atoms. The molecule has 1 aromatic carbocycles. The number of hydrogen-bond donors (Lipinski definition) is 3. The summed E-state index contributed by atoms with van der Waals surface area (Å²) in [5.74, 6) is 6.68. The van der Waals surface area contributed by atoms with Crippen LogP contribution in [0.4, 0.5) is 0 Å².